The van der Waals surface area contributed by atoms with Crippen molar-refractivity contribution < 1.29 is 18.3 Å². The van der Waals surface area contributed by atoms with Gasteiger partial charge in [0, 0.05) is 38.1 Å². The quantitative estimate of drug-likeness (QED) is 0.609. The number of halogens is 1. The van der Waals surface area contributed by atoms with Crippen molar-refractivity contribution >= 4 is 21.4 Å². The van der Waals surface area contributed by atoms with Crippen molar-refractivity contribution in [2.45, 2.75) is 62.7 Å². The number of methoxy groups -OCH3 is 1. The van der Waals surface area contributed by atoms with Crippen molar-refractivity contribution in [2.75, 3.05) is 13.7 Å². The number of aliphatic hydroxyl groups excluding tert-OH is 1. The van der Waals surface area contributed by atoms with Crippen molar-refractivity contribution in [1.82, 2.24) is 24.7 Å². The first kappa shape index (κ1) is 23.1. The molecule has 0 spiro atoms. The van der Waals surface area contributed by atoms with Gasteiger partial charge in [0.2, 0.25) is 0 Å². The van der Waals surface area contributed by atoms with Gasteiger partial charge in [-0.05, 0) is 39.5 Å². The maximum Gasteiger partial charge on any atom is 0.163 e. The van der Waals surface area contributed by atoms with Gasteiger partial charge in [0.1, 0.15) is 23.5 Å². The molecule has 1 aliphatic carbocycles. The summed E-state index contributed by atoms with van der Waals surface area (Å²) in [5, 5.41) is 17.3. The minimum atomic E-state index is -3.66. The van der Waals surface area contributed by atoms with Gasteiger partial charge in [-0.1, -0.05) is 11.6 Å². The summed E-state index contributed by atoms with van der Waals surface area (Å²) in [6, 6.07) is 0.0153. The molecule has 11 heteroatoms. The van der Waals surface area contributed by atoms with E-state index in [2.05, 4.69) is 20.2 Å². The molecule has 0 aliphatic heterocycles. The Labute approximate surface area is 181 Å². The number of sulfone groups is 1. The lowest BCUT2D eigenvalue weighted by molar-refractivity contribution is 0.0948. The first-order chi connectivity index (χ1) is 14.2. The van der Waals surface area contributed by atoms with E-state index in [0.717, 1.165) is 18.7 Å². The fourth-order valence-corrected chi connectivity index (χ4v) is 5.37. The number of hydrogen-bond acceptors (Lipinski definition) is 8. The molecule has 2 atom stereocenters. The fourth-order valence-electron chi connectivity index (χ4n) is 3.85. The van der Waals surface area contributed by atoms with E-state index >= 15 is 0 Å². The van der Waals surface area contributed by atoms with Gasteiger partial charge in [0.05, 0.1) is 10.3 Å². The molecule has 3 rings (SSSR count). The van der Waals surface area contributed by atoms with Crippen molar-refractivity contribution in [3.8, 4) is 0 Å². The van der Waals surface area contributed by atoms with E-state index in [1.54, 1.807) is 6.92 Å². The summed E-state index contributed by atoms with van der Waals surface area (Å²) in [5.41, 5.74) is 0. The molecule has 0 saturated heterocycles. The third-order valence-electron chi connectivity index (χ3n) is 5.64. The van der Waals surface area contributed by atoms with Crippen LogP contribution in [0.4, 0.5) is 0 Å². The van der Waals surface area contributed by atoms with Crippen LogP contribution in [0.5, 0.6) is 0 Å². The van der Waals surface area contributed by atoms with Gasteiger partial charge in [-0.2, -0.15) is 0 Å². The summed E-state index contributed by atoms with van der Waals surface area (Å²) >= 11 is 5.83. The highest BCUT2D eigenvalue weighted by Crippen LogP contribution is 2.41. The fraction of sp³-hybridized carbons (Fsp3) is 0.684. The maximum absolute atomic E-state index is 13.2. The Bertz CT molecular complexity index is 958. The molecule has 2 heterocycles. The molecule has 1 aliphatic rings. The Morgan fingerprint density at radius 3 is 2.40 bits per heavy atom. The molecular formula is C19H28ClN5O4S. The van der Waals surface area contributed by atoms with Gasteiger partial charge in [0.15, 0.2) is 15.7 Å². The lowest BCUT2D eigenvalue weighted by atomic mass is 9.75. The standard InChI is InChI=1S/C19H28ClN5O4S/c1-11(2)25-16(23-24-19(25)14-5-13(6-14)9-26)10-30(27,28)12(3)17(29-4)18-21-7-15(20)8-22-18/h7-8,11-14,17,26H,5-6,9-10H2,1-4H3/t12-,13?,14?,17-/m0/s1. The van der Waals surface area contributed by atoms with Crippen molar-refractivity contribution in [2.24, 2.45) is 5.92 Å². The summed E-state index contributed by atoms with van der Waals surface area (Å²) in [6.45, 7) is 5.70. The molecule has 0 bridgehead atoms. The Balaban J connectivity index is 1.83. The van der Waals surface area contributed by atoms with Gasteiger partial charge in [-0.25, -0.2) is 18.4 Å². The molecule has 0 aromatic carbocycles. The molecule has 1 saturated carbocycles. The van der Waals surface area contributed by atoms with Crippen LogP contribution in [-0.2, 0) is 20.3 Å². The lowest BCUT2D eigenvalue weighted by Crippen LogP contribution is -2.31. The minimum absolute atomic E-state index is 0.0153. The predicted molar refractivity (Wildman–Crippen MR) is 112 cm³/mol. The van der Waals surface area contributed by atoms with Gasteiger partial charge in [-0.15, -0.1) is 10.2 Å². The van der Waals surface area contributed by atoms with E-state index in [-0.39, 0.29) is 36.1 Å². The van der Waals surface area contributed by atoms with Gasteiger partial charge >= 0.3 is 0 Å². The van der Waals surface area contributed by atoms with E-state index in [1.165, 1.54) is 19.5 Å². The van der Waals surface area contributed by atoms with Crippen LogP contribution in [-0.4, -0.2) is 57.2 Å². The number of ether oxygens (including phenoxy) is 1. The van der Waals surface area contributed by atoms with Crippen molar-refractivity contribution in [3.63, 3.8) is 0 Å². The van der Waals surface area contributed by atoms with Crippen LogP contribution in [0.1, 0.15) is 69.1 Å². The SMILES string of the molecule is CO[C@H](c1ncc(Cl)cn1)[C@H](C)S(=O)(=O)Cc1nnc(C2CC(CO)C2)n1C(C)C. The monoisotopic (exact) mass is 457 g/mol. The Morgan fingerprint density at radius 2 is 1.87 bits per heavy atom. The van der Waals surface area contributed by atoms with Crippen molar-refractivity contribution in [1.29, 1.82) is 0 Å². The molecule has 2 aromatic rings. The molecular weight excluding hydrogens is 430 g/mol. The molecule has 0 radical (unpaired) electrons. The molecule has 30 heavy (non-hydrogen) atoms. The van der Waals surface area contributed by atoms with Gasteiger partial charge in [-0.3, -0.25) is 0 Å². The van der Waals surface area contributed by atoms with E-state index in [1.807, 2.05) is 18.4 Å². The zero-order chi connectivity index (χ0) is 22.1. The zero-order valence-electron chi connectivity index (χ0n) is 17.6. The number of hydrogen-bond donors (Lipinski definition) is 1. The molecule has 166 valence electrons. The van der Waals surface area contributed by atoms with Crippen LogP contribution in [0.25, 0.3) is 0 Å². The largest absolute Gasteiger partial charge is 0.396 e. The third-order valence-corrected chi connectivity index (χ3v) is 7.88. The minimum Gasteiger partial charge on any atom is -0.396 e. The summed E-state index contributed by atoms with van der Waals surface area (Å²) in [7, 11) is -2.23. The summed E-state index contributed by atoms with van der Waals surface area (Å²) in [6.07, 6.45) is 3.66. The lowest BCUT2D eigenvalue weighted by Gasteiger charge is -2.34. The second-order valence-electron chi connectivity index (χ2n) is 8.08. The zero-order valence-corrected chi connectivity index (χ0v) is 19.1. The summed E-state index contributed by atoms with van der Waals surface area (Å²) in [5.74, 6) is 1.67. The van der Waals surface area contributed by atoms with Crippen LogP contribution >= 0.6 is 11.6 Å². The van der Waals surface area contributed by atoms with Crippen LogP contribution < -0.4 is 0 Å². The molecule has 1 fully saturated rings. The van der Waals surface area contributed by atoms with E-state index in [4.69, 9.17) is 16.3 Å². The third kappa shape index (κ3) is 4.66. The van der Waals surface area contributed by atoms with E-state index in [9.17, 15) is 13.5 Å². The molecule has 2 aromatic heterocycles. The van der Waals surface area contributed by atoms with Crippen molar-refractivity contribution in [3.05, 3.63) is 34.9 Å². The molecule has 0 amide bonds. The van der Waals surface area contributed by atoms with E-state index < -0.39 is 21.2 Å². The van der Waals surface area contributed by atoms with Crippen LogP contribution in [0.15, 0.2) is 12.4 Å². The van der Waals surface area contributed by atoms with Gasteiger partial charge < -0.3 is 14.4 Å². The first-order valence-electron chi connectivity index (χ1n) is 9.94. The second-order valence-corrected chi connectivity index (χ2v) is 10.9. The highest BCUT2D eigenvalue weighted by molar-refractivity contribution is 7.91. The number of aromatic nitrogens is 5. The predicted octanol–water partition coefficient (Wildman–Crippen LogP) is 2.48. The smallest absolute Gasteiger partial charge is 0.163 e. The van der Waals surface area contributed by atoms with Crippen LogP contribution in [0.3, 0.4) is 0 Å². The topological polar surface area (TPSA) is 120 Å². The highest BCUT2D eigenvalue weighted by Gasteiger charge is 2.37. The summed E-state index contributed by atoms with van der Waals surface area (Å²) in [4.78, 5) is 8.22. The Hall–Kier alpha value is -1.62. The highest BCUT2D eigenvalue weighted by atomic mass is 35.5. The van der Waals surface area contributed by atoms with Crippen LogP contribution in [0.2, 0.25) is 5.02 Å². The van der Waals surface area contributed by atoms with E-state index in [0.29, 0.717) is 10.8 Å². The summed E-state index contributed by atoms with van der Waals surface area (Å²) < 4.78 is 33.7. The number of aliphatic hydroxyl groups is 1. The second kappa shape index (κ2) is 9.25. The van der Waals surface area contributed by atoms with Gasteiger partial charge in [0.25, 0.3) is 0 Å². The Kier molecular flexibility index (Phi) is 7.11. The first-order valence-corrected chi connectivity index (χ1v) is 12.0. The number of nitrogens with zero attached hydrogens (tertiary/aromatic N) is 5. The average Bonchev–Trinajstić information content (AvgIpc) is 3.05. The average molecular weight is 458 g/mol. The maximum atomic E-state index is 13.2. The van der Waals surface area contributed by atoms with Crippen LogP contribution in [0, 0.1) is 5.92 Å². The Morgan fingerprint density at radius 1 is 1.23 bits per heavy atom. The molecule has 1 N–H and O–H groups in total. The molecule has 0 unspecified atom stereocenters. The molecule has 9 nitrogen and oxygen atoms in total. The number of rotatable bonds is 9. The normalized spacial score (nSPS) is 21.4.